The summed E-state index contributed by atoms with van der Waals surface area (Å²) in [5.74, 6) is 5.10. The molecule has 684 valence electrons. The molecule has 12 aromatic rings. The molecule has 8 aromatic carbocycles. The third-order valence-corrected chi connectivity index (χ3v) is 35.2. The minimum atomic E-state index is -6.15. The summed E-state index contributed by atoms with van der Waals surface area (Å²) >= 11 is 0. The maximum atomic E-state index is 18.2. The van der Waals surface area contributed by atoms with Crippen LogP contribution < -0.4 is 22.0 Å². The summed E-state index contributed by atoms with van der Waals surface area (Å²) in [6.45, 7) is 18.3. The van der Waals surface area contributed by atoms with Crippen molar-refractivity contribution in [3.63, 3.8) is 0 Å². The van der Waals surface area contributed by atoms with Crippen molar-refractivity contribution in [1.29, 1.82) is 0 Å². The average Bonchev–Trinajstić information content (AvgIpc) is 1.52. The van der Waals surface area contributed by atoms with Gasteiger partial charge in [0.2, 0.25) is 0 Å². The Kier molecular flexibility index (Phi) is 26.5. The van der Waals surface area contributed by atoms with E-state index in [0.717, 1.165) is 319 Å². The highest BCUT2D eigenvalue weighted by molar-refractivity contribution is 6.78. The number of benzene rings is 8. The van der Waals surface area contributed by atoms with E-state index in [9.17, 15) is 4.12 Å². The summed E-state index contributed by atoms with van der Waals surface area (Å²) in [4.78, 5) is 109. The van der Waals surface area contributed by atoms with Crippen molar-refractivity contribution >= 4 is 131 Å². The van der Waals surface area contributed by atoms with Gasteiger partial charge in [0.1, 0.15) is 45.2 Å². The van der Waals surface area contributed by atoms with Crippen LogP contribution in [0.3, 0.4) is 0 Å². The number of aromatic nitrogens is 4. The van der Waals surface area contributed by atoms with Gasteiger partial charge >= 0.3 is 17.8 Å². The van der Waals surface area contributed by atoms with E-state index in [-0.39, 0.29) is 0 Å². The van der Waals surface area contributed by atoms with Gasteiger partial charge < -0.3 is 13.7 Å². The molecule has 133 heavy (non-hydrogen) atoms. The van der Waals surface area contributed by atoms with Gasteiger partial charge in [-0.3, -0.25) is 16.9 Å². The molecular formula is C112H130N16O3Si2. The van der Waals surface area contributed by atoms with Gasteiger partial charge in [0.25, 0.3) is 0 Å². The lowest BCUT2D eigenvalue weighted by Gasteiger charge is -2.36. The van der Waals surface area contributed by atoms with Gasteiger partial charge in [0.15, 0.2) is 46.7 Å². The standard InChI is InChI=1S/C112H130N16O3Si2/c1-9-17-25-33-49-73-65-66-74(50-34-26-18-10-2)90-89(73)101-115-102(90)122-110-95-79(55-39-31-23-15-7)71-72-80(56-40-32-24-16-8)96(95)112-124-104-92-76(52-36-28-20-12-4)68-67-75(51-35-27-19-11-3)91(92)103(116-104)123-111-94-78(54-38-30-22-14-6)70-69-77(53-37-29-21-13-5)93(94)109(121-101)127(111)133(130,128(110)112)131-132(129)125-105-85-61-45-46-62-86(85)107(125)119-99-83-59-43-44-60-84(83)100(114-99)120-108-88-64-48-47-63-87(88)106(126(108)132)118-98-82-58-42-41-57-81(82)97(113-98)117-105/h41-48,57-72,129-130H,9-40,49-56H2,1-8H3. The van der Waals surface area contributed by atoms with Crippen LogP contribution >= 0.6 is 0 Å². The number of nitrogens with zero attached hydrogens (tertiary/aromatic N) is 16. The number of aryl methyl sites for hydroxylation is 8. The van der Waals surface area contributed by atoms with Crippen LogP contribution in [0.25, 0.3) is 43.1 Å². The fraction of sp³-hybridized carbons (Fsp3) is 0.429. The molecule has 21 heteroatoms. The third kappa shape index (κ3) is 16.4. The van der Waals surface area contributed by atoms with E-state index in [4.69, 9.17) is 59.9 Å². The Morgan fingerprint density at radius 1 is 0.211 bits per heavy atom. The highest BCUT2D eigenvalue weighted by Gasteiger charge is 2.62. The zero-order valence-corrected chi connectivity index (χ0v) is 81.6. The molecule has 12 heterocycles. The Bertz CT molecular complexity index is 6730. The molecule has 19 nitrogen and oxygen atoms in total. The van der Waals surface area contributed by atoms with E-state index in [1.165, 1.54) is 22.3 Å². The first-order valence-electron chi connectivity index (χ1n) is 51.3. The van der Waals surface area contributed by atoms with Crippen LogP contribution in [0.5, 0.6) is 0 Å². The number of aliphatic imine (C=N–C) groups is 8. The Morgan fingerprint density at radius 3 is 0.744 bits per heavy atom. The molecule has 0 radical (unpaired) electrons. The summed E-state index contributed by atoms with van der Waals surface area (Å²) in [5, 5.41) is 6.06. The predicted octanol–water partition coefficient (Wildman–Crippen LogP) is 24.7. The molecule has 4 aromatic heterocycles. The number of unbranched alkanes of at least 4 members (excludes halogenated alkanes) is 24. The lowest BCUT2D eigenvalue weighted by atomic mass is 9.90. The van der Waals surface area contributed by atoms with Crippen molar-refractivity contribution in [3.8, 4) is 0 Å². The lowest BCUT2D eigenvalue weighted by Crippen LogP contribution is -2.73. The molecule has 0 spiro atoms. The molecule has 0 aliphatic carbocycles. The first-order valence-corrected chi connectivity index (χ1v) is 54.8. The van der Waals surface area contributed by atoms with Crippen LogP contribution in [0.1, 0.15) is 350 Å². The molecule has 2 atom stereocenters. The van der Waals surface area contributed by atoms with Gasteiger partial charge in [0, 0.05) is 87.6 Å². The number of fused-ring (bicyclic) bond motifs is 28. The second kappa shape index (κ2) is 39.4. The topological polar surface area (TPSA) is 218 Å². The molecule has 0 amide bonds. The first kappa shape index (κ1) is 89.6. The second-order valence-electron chi connectivity index (χ2n) is 38.3. The van der Waals surface area contributed by atoms with Crippen molar-refractivity contribution in [2.24, 2.45) is 59.9 Å². The van der Waals surface area contributed by atoms with Crippen LogP contribution in [0.15, 0.2) is 206 Å². The van der Waals surface area contributed by atoms with Crippen LogP contribution in [0, 0.1) is 0 Å². The fourth-order valence-electron chi connectivity index (χ4n) is 22.1. The molecule has 0 saturated heterocycles. The molecular weight excluding hydrogens is 1670 g/mol. The van der Waals surface area contributed by atoms with Crippen LogP contribution in [0.4, 0.5) is 23.3 Å². The van der Waals surface area contributed by atoms with Crippen molar-refractivity contribution in [2.75, 3.05) is 0 Å². The molecule has 20 rings (SSSR count). The largest absolute Gasteiger partial charge is 0.594 e. The van der Waals surface area contributed by atoms with Gasteiger partial charge in [-0.2, -0.15) is 0 Å². The molecule has 2 N–H and O–H groups in total. The molecule has 8 aliphatic rings. The van der Waals surface area contributed by atoms with Gasteiger partial charge in [0.05, 0.1) is 0 Å². The second-order valence-corrected chi connectivity index (χ2v) is 43.2. The molecule has 0 fully saturated rings. The van der Waals surface area contributed by atoms with Crippen molar-refractivity contribution in [3.05, 3.63) is 257 Å². The Morgan fingerprint density at radius 2 is 0.436 bits per heavy atom. The molecule has 2 unspecified atom stereocenters. The summed E-state index contributed by atoms with van der Waals surface area (Å²) < 4.78 is 17.2. The van der Waals surface area contributed by atoms with Crippen molar-refractivity contribution in [2.45, 2.75) is 312 Å². The van der Waals surface area contributed by atoms with Crippen molar-refractivity contribution < 1.29 is 13.7 Å². The van der Waals surface area contributed by atoms with Gasteiger partial charge in [-0.15, -0.1) is 0 Å². The van der Waals surface area contributed by atoms with Crippen molar-refractivity contribution in [1.82, 2.24) is 16.9 Å². The van der Waals surface area contributed by atoms with Gasteiger partial charge in [-0.05, 0) is 147 Å². The Balaban J connectivity index is 1.05. The number of amidine groups is 8. The highest BCUT2D eigenvalue weighted by Crippen LogP contribution is 2.51. The maximum absolute atomic E-state index is 18.2. The number of hydrogen-bond donors (Lipinski definition) is 2. The zero-order valence-electron chi connectivity index (χ0n) is 79.6. The summed E-state index contributed by atoms with van der Waals surface area (Å²) in [5.41, 5.74) is 17.4. The van der Waals surface area contributed by atoms with E-state index in [1.807, 2.05) is 57.0 Å². The van der Waals surface area contributed by atoms with Gasteiger partial charge in [-0.1, -0.05) is 355 Å². The fourth-order valence-corrected chi connectivity index (χ4v) is 29.0. The molecule has 0 saturated carbocycles. The van der Waals surface area contributed by atoms with Crippen LogP contribution in [0.2, 0.25) is 0 Å². The Hall–Kier alpha value is -11.2. The molecule has 12 bridgehead atoms. The van der Waals surface area contributed by atoms with Gasteiger partial charge in [-0.25, -0.2) is 59.9 Å². The van der Waals surface area contributed by atoms with E-state index in [1.54, 1.807) is 0 Å². The van der Waals surface area contributed by atoms with E-state index >= 15 is 9.59 Å². The minimum absolute atomic E-state index is 0.297. The maximum Gasteiger partial charge on any atom is 0.594 e. The Labute approximate surface area is 785 Å². The monoisotopic (exact) mass is 1800 g/mol. The average molecular weight is 1800 g/mol. The highest BCUT2D eigenvalue weighted by atomic mass is 28.5. The van der Waals surface area contributed by atoms with E-state index < -0.39 is 17.8 Å². The minimum Gasteiger partial charge on any atom is -0.378 e. The summed E-state index contributed by atoms with van der Waals surface area (Å²) in [6.07, 6.45) is 39.2. The predicted molar refractivity (Wildman–Crippen MR) is 550 cm³/mol. The zero-order chi connectivity index (χ0) is 90.9. The first-order chi connectivity index (χ1) is 65.4. The third-order valence-electron chi connectivity index (χ3n) is 29.0. The smallest absolute Gasteiger partial charge is 0.378 e. The normalized spacial score (nSPS) is 16.7. The lowest BCUT2D eigenvalue weighted by molar-refractivity contribution is 0.253. The number of rotatable bonds is 42. The van der Waals surface area contributed by atoms with E-state index in [2.05, 4.69) is 161 Å². The number of hydrogen-bond acceptors (Lipinski definition) is 15. The van der Waals surface area contributed by atoms with Crippen LogP contribution in [-0.2, 0) is 55.5 Å². The van der Waals surface area contributed by atoms with Crippen LogP contribution in [-0.4, -0.2) is 91.0 Å². The molecule has 8 aliphatic heterocycles. The van der Waals surface area contributed by atoms with E-state index in [0.29, 0.717) is 139 Å². The quantitative estimate of drug-likeness (QED) is 0.0282. The SMILES string of the molecule is CCCCCCc1ccc(CCCCCC)c2c1C1=NC2=Nc2c3c(CCCCCC)ccc(CCCCCC)c3c3n2[Si](O)(O[Si]2(O)n4c5c6ccccc6c4N=C4N=C(N=c6c7ccccc7c(n62)=NC2=NC(=N5)c5ccccc52)c2ccccc24)n2c(c4c(CCCCCC)ccc(CCCCCC)c4c2=NC2=NC(=N3)c3c(CCCCCC)ccc(CCCCCC)c32)=N1. The summed E-state index contributed by atoms with van der Waals surface area (Å²) in [6, 6.07) is 51.7. The summed E-state index contributed by atoms with van der Waals surface area (Å²) in [7, 11) is -12.1.